The number of alkyl halides is 6. The summed E-state index contributed by atoms with van der Waals surface area (Å²) in [4.78, 5) is 33.0. The van der Waals surface area contributed by atoms with Crippen molar-refractivity contribution in [3.8, 4) is 0 Å². The van der Waals surface area contributed by atoms with Crippen molar-refractivity contribution in [1.29, 1.82) is 0 Å². The zero-order valence-corrected chi connectivity index (χ0v) is 13.0. The lowest BCUT2D eigenvalue weighted by molar-refractivity contribution is -0.221. The summed E-state index contributed by atoms with van der Waals surface area (Å²) in [5, 5.41) is 12.4. The van der Waals surface area contributed by atoms with Crippen LogP contribution in [0.5, 0.6) is 0 Å². The van der Waals surface area contributed by atoms with Crippen LogP contribution in [0.25, 0.3) is 0 Å². The molecule has 1 rings (SSSR count). The van der Waals surface area contributed by atoms with Crippen molar-refractivity contribution in [2.24, 2.45) is 0 Å². The van der Waals surface area contributed by atoms with Gasteiger partial charge in [-0.2, -0.15) is 26.3 Å². The van der Waals surface area contributed by atoms with Crippen LogP contribution in [0.4, 0.5) is 26.3 Å². The number of aliphatic hydroxyl groups is 1. The van der Waals surface area contributed by atoms with Crippen molar-refractivity contribution in [1.82, 2.24) is 10.6 Å². The fraction of sp³-hybridized carbons (Fsp3) is 0.750. The Bertz CT molecular complexity index is 551. The Morgan fingerprint density at radius 3 is 2.12 bits per heavy atom. The molecule has 1 heterocycles. The molecule has 1 aliphatic heterocycles. The van der Waals surface area contributed by atoms with Gasteiger partial charge in [0.2, 0.25) is 0 Å². The number of nitrogens with one attached hydrogen (secondary N) is 2. The number of aliphatic hydroxyl groups excluding tert-OH is 1. The van der Waals surface area contributed by atoms with E-state index in [0.29, 0.717) is 0 Å². The van der Waals surface area contributed by atoms with Crippen LogP contribution in [-0.4, -0.2) is 66.3 Å². The van der Waals surface area contributed by atoms with Crippen LogP contribution in [0.2, 0.25) is 0 Å². The molecule has 8 nitrogen and oxygen atoms in total. The first-order valence-corrected chi connectivity index (χ1v) is 6.95. The molecule has 2 amide bonds. The number of hydrogen-bond donors (Lipinski definition) is 3. The van der Waals surface area contributed by atoms with E-state index in [1.54, 1.807) is 0 Å². The number of carbonyl (C=O) groups excluding carboxylic acids is 3. The Balaban J connectivity index is 2.93. The van der Waals surface area contributed by atoms with Crippen molar-refractivity contribution in [2.75, 3.05) is 6.54 Å². The Labute approximate surface area is 141 Å². The van der Waals surface area contributed by atoms with Gasteiger partial charge in [-0.05, 0) is 0 Å². The molecule has 0 spiro atoms. The van der Waals surface area contributed by atoms with Gasteiger partial charge in [0.25, 0.3) is 0 Å². The summed E-state index contributed by atoms with van der Waals surface area (Å²) in [5.74, 6) is -5.82. The zero-order chi connectivity index (χ0) is 20.3. The topological polar surface area (TPSA) is 114 Å². The van der Waals surface area contributed by atoms with Crippen molar-refractivity contribution in [3.63, 3.8) is 0 Å². The Morgan fingerprint density at radius 2 is 1.65 bits per heavy atom. The van der Waals surface area contributed by atoms with Gasteiger partial charge in [0.15, 0.2) is 6.29 Å². The lowest BCUT2D eigenvalue weighted by atomic mass is 9.97. The molecule has 1 fully saturated rings. The van der Waals surface area contributed by atoms with E-state index < -0.39 is 67.6 Å². The molecule has 0 bridgehead atoms. The molecule has 0 aromatic rings. The van der Waals surface area contributed by atoms with Crippen LogP contribution in [0, 0.1) is 0 Å². The van der Waals surface area contributed by atoms with Gasteiger partial charge in [0.1, 0.15) is 12.2 Å². The smallest absolute Gasteiger partial charge is 0.458 e. The van der Waals surface area contributed by atoms with E-state index in [-0.39, 0.29) is 0 Å². The molecular formula is C12H14F6N2O6. The number of amides is 2. The normalized spacial score (nSPS) is 26.8. The van der Waals surface area contributed by atoms with Crippen LogP contribution < -0.4 is 10.6 Å². The van der Waals surface area contributed by atoms with Crippen molar-refractivity contribution in [3.05, 3.63) is 0 Å². The molecule has 1 saturated heterocycles. The van der Waals surface area contributed by atoms with Crippen molar-refractivity contribution >= 4 is 17.8 Å². The number of rotatable bonds is 4. The SMILES string of the molecule is CC(=O)O[C@@H]1[C@@H](NC(=O)C(F)(F)F)C[C@H](O)O[C@@H]1CNC(=O)C(F)(F)F. The van der Waals surface area contributed by atoms with Gasteiger partial charge in [-0.25, -0.2) is 0 Å². The molecule has 0 radical (unpaired) electrons. The quantitative estimate of drug-likeness (QED) is 0.446. The van der Waals surface area contributed by atoms with Crippen molar-refractivity contribution in [2.45, 2.75) is 50.2 Å². The van der Waals surface area contributed by atoms with E-state index in [2.05, 4.69) is 0 Å². The Hall–Kier alpha value is -2.09. The highest BCUT2D eigenvalue weighted by Crippen LogP contribution is 2.24. The molecule has 0 saturated carbocycles. The van der Waals surface area contributed by atoms with Crippen LogP contribution in [-0.2, 0) is 23.9 Å². The number of hydrogen-bond acceptors (Lipinski definition) is 6. The summed E-state index contributed by atoms with van der Waals surface area (Å²) in [5.41, 5.74) is 0. The predicted octanol–water partition coefficient (Wildman–Crippen LogP) is -0.249. The summed E-state index contributed by atoms with van der Waals surface area (Å²) in [7, 11) is 0. The molecule has 0 aromatic heterocycles. The van der Waals surface area contributed by atoms with Gasteiger partial charge < -0.3 is 25.2 Å². The first kappa shape index (κ1) is 22.0. The molecule has 0 aromatic carbocycles. The maximum atomic E-state index is 12.4. The van der Waals surface area contributed by atoms with Gasteiger partial charge in [-0.1, -0.05) is 0 Å². The van der Waals surface area contributed by atoms with Gasteiger partial charge in [-0.3, -0.25) is 14.4 Å². The first-order valence-electron chi connectivity index (χ1n) is 6.95. The van der Waals surface area contributed by atoms with Gasteiger partial charge in [-0.15, -0.1) is 0 Å². The third kappa shape index (κ3) is 6.33. The van der Waals surface area contributed by atoms with Gasteiger partial charge in [0, 0.05) is 19.9 Å². The molecule has 0 unspecified atom stereocenters. The molecule has 4 atom stereocenters. The van der Waals surface area contributed by atoms with Crippen LogP contribution in [0.15, 0.2) is 0 Å². The average molecular weight is 396 g/mol. The molecule has 26 heavy (non-hydrogen) atoms. The number of esters is 1. The molecule has 14 heteroatoms. The van der Waals surface area contributed by atoms with Gasteiger partial charge >= 0.3 is 30.1 Å². The van der Waals surface area contributed by atoms with E-state index in [1.807, 2.05) is 0 Å². The second-order valence-electron chi connectivity index (χ2n) is 5.22. The van der Waals surface area contributed by atoms with Gasteiger partial charge in [0.05, 0.1) is 6.04 Å². The fourth-order valence-electron chi connectivity index (χ4n) is 2.14. The summed E-state index contributed by atoms with van der Waals surface area (Å²) in [6, 6.07) is -1.62. The minimum absolute atomic E-state index is 0.635. The predicted molar refractivity (Wildman–Crippen MR) is 68.1 cm³/mol. The highest BCUT2D eigenvalue weighted by molar-refractivity contribution is 5.82. The monoisotopic (exact) mass is 396 g/mol. The average Bonchev–Trinajstić information content (AvgIpc) is 2.45. The van der Waals surface area contributed by atoms with E-state index in [9.17, 15) is 45.8 Å². The number of ether oxygens (including phenoxy) is 2. The number of carbonyl (C=O) groups is 3. The second kappa shape index (κ2) is 8.07. The minimum Gasteiger partial charge on any atom is -0.458 e. The van der Waals surface area contributed by atoms with Crippen LogP contribution >= 0.6 is 0 Å². The van der Waals surface area contributed by atoms with E-state index in [1.165, 1.54) is 10.6 Å². The van der Waals surface area contributed by atoms with Crippen molar-refractivity contribution < 1.29 is 55.3 Å². The third-order valence-corrected chi connectivity index (χ3v) is 3.15. The Kier molecular flexibility index (Phi) is 6.82. The summed E-state index contributed by atoms with van der Waals surface area (Å²) < 4.78 is 83.3. The molecule has 150 valence electrons. The zero-order valence-electron chi connectivity index (χ0n) is 13.0. The molecular weight excluding hydrogens is 382 g/mol. The van der Waals surface area contributed by atoms with E-state index >= 15 is 0 Å². The van der Waals surface area contributed by atoms with E-state index in [0.717, 1.165) is 6.92 Å². The highest BCUT2D eigenvalue weighted by atomic mass is 19.4. The highest BCUT2D eigenvalue weighted by Gasteiger charge is 2.47. The fourth-order valence-corrected chi connectivity index (χ4v) is 2.14. The number of halogens is 6. The Morgan fingerprint density at radius 1 is 1.12 bits per heavy atom. The lowest BCUT2D eigenvalue weighted by Crippen LogP contribution is -2.61. The maximum absolute atomic E-state index is 12.4. The van der Waals surface area contributed by atoms with E-state index in [4.69, 9.17) is 9.47 Å². The third-order valence-electron chi connectivity index (χ3n) is 3.15. The van der Waals surface area contributed by atoms with Crippen LogP contribution in [0.3, 0.4) is 0 Å². The lowest BCUT2D eigenvalue weighted by Gasteiger charge is -2.39. The standard InChI is InChI=1S/C12H14F6N2O6/c1-4(21)25-8-5(20-10(24)12(16,17)18)2-7(22)26-6(8)3-19-9(23)11(13,14)15/h5-8,22H,2-3H2,1H3,(H,19,23)(H,20,24)/t5-,6+,7+,8+/m0/s1. The van der Waals surface area contributed by atoms with Crippen LogP contribution in [0.1, 0.15) is 13.3 Å². The summed E-state index contributed by atoms with van der Waals surface area (Å²) in [6.45, 7) is -0.0925. The maximum Gasteiger partial charge on any atom is 0.471 e. The minimum atomic E-state index is -5.29. The molecule has 0 aliphatic carbocycles. The first-order chi connectivity index (χ1) is 11.7. The summed E-state index contributed by atoms with van der Waals surface area (Å²) in [6.07, 6.45) is -16.3. The molecule has 1 aliphatic rings. The second-order valence-corrected chi connectivity index (χ2v) is 5.22. The summed E-state index contributed by atoms with van der Waals surface area (Å²) >= 11 is 0. The molecule has 3 N–H and O–H groups in total. The largest absolute Gasteiger partial charge is 0.471 e.